The predicted molar refractivity (Wildman–Crippen MR) is 75.5 cm³/mol. The fraction of sp³-hybridized carbons (Fsp3) is 0.267. The summed E-state index contributed by atoms with van der Waals surface area (Å²) >= 11 is 0. The van der Waals surface area contributed by atoms with Gasteiger partial charge < -0.3 is 10.2 Å². The molecular weight excluding hydrogens is 260 g/mol. The second-order valence-corrected chi connectivity index (χ2v) is 4.65. The van der Waals surface area contributed by atoms with Gasteiger partial charge in [0.2, 0.25) is 0 Å². The van der Waals surface area contributed by atoms with Crippen LogP contribution in [0.3, 0.4) is 0 Å². The molecule has 0 aliphatic heterocycles. The third kappa shape index (κ3) is 3.51. The number of hydrogen-bond donors (Lipinski definition) is 1. The predicted octanol–water partition coefficient (Wildman–Crippen LogP) is 2.72. The lowest BCUT2D eigenvalue weighted by atomic mass is 10.2. The topological polar surface area (TPSA) is 28.2 Å². The van der Waals surface area contributed by atoms with Gasteiger partial charge in [-0.25, -0.2) is 13.8 Å². The number of hydrogen-bond acceptors (Lipinski definition) is 3. The van der Waals surface area contributed by atoms with Crippen molar-refractivity contribution in [3.8, 4) is 0 Å². The van der Waals surface area contributed by atoms with Crippen molar-refractivity contribution in [1.29, 1.82) is 0 Å². The average Bonchev–Trinajstić information content (AvgIpc) is 2.39. The largest absolute Gasteiger partial charge is 0.355 e. The Morgan fingerprint density at radius 3 is 2.70 bits per heavy atom. The van der Waals surface area contributed by atoms with Crippen LogP contribution in [0.1, 0.15) is 11.1 Å². The van der Waals surface area contributed by atoms with Crippen molar-refractivity contribution >= 4 is 5.82 Å². The van der Waals surface area contributed by atoms with Gasteiger partial charge in [-0.3, -0.25) is 0 Å². The molecule has 1 aromatic heterocycles. The number of nitrogens with one attached hydrogen (secondary N) is 1. The zero-order chi connectivity index (χ0) is 14.5. The van der Waals surface area contributed by atoms with Gasteiger partial charge in [0.1, 0.15) is 17.5 Å². The molecule has 0 spiro atoms. The summed E-state index contributed by atoms with van der Waals surface area (Å²) in [7, 11) is 3.64. The first kappa shape index (κ1) is 14.4. The van der Waals surface area contributed by atoms with Crippen LogP contribution in [-0.4, -0.2) is 19.1 Å². The van der Waals surface area contributed by atoms with E-state index >= 15 is 0 Å². The molecule has 0 saturated carbocycles. The molecule has 0 aliphatic rings. The first-order chi connectivity index (χ1) is 9.60. The second kappa shape index (κ2) is 6.43. The molecule has 2 aromatic rings. The number of benzene rings is 1. The third-order valence-corrected chi connectivity index (χ3v) is 2.95. The number of aromatic nitrogens is 1. The summed E-state index contributed by atoms with van der Waals surface area (Å²) in [6.45, 7) is 1.03. The Hall–Kier alpha value is -2.01. The van der Waals surface area contributed by atoms with Crippen LogP contribution in [0.5, 0.6) is 0 Å². The van der Waals surface area contributed by atoms with Crippen molar-refractivity contribution in [2.75, 3.05) is 19.0 Å². The number of rotatable bonds is 5. The van der Waals surface area contributed by atoms with E-state index in [-0.39, 0.29) is 11.6 Å². The molecule has 0 fully saturated rings. The lowest BCUT2D eigenvalue weighted by molar-refractivity contribution is 0.615. The van der Waals surface area contributed by atoms with Crippen LogP contribution in [0.15, 0.2) is 36.5 Å². The van der Waals surface area contributed by atoms with Gasteiger partial charge in [0, 0.05) is 25.7 Å². The summed E-state index contributed by atoms with van der Waals surface area (Å²) in [5.74, 6) is 0.0570. The van der Waals surface area contributed by atoms with Gasteiger partial charge in [0.25, 0.3) is 0 Å². The maximum atomic E-state index is 13.3. The van der Waals surface area contributed by atoms with Crippen molar-refractivity contribution < 1.29 is 8.78 Å². The average molecular weight is 277 g/mol. The van der Waals surface area contributed by atoms with Crippen LogP contribution in [0.4, 0.5) is 14.6 Å². The van der Waals surface area contributed by atoms with E-state index in [1.807, 2.05) is 18.0 Å². The van der Waals surface area contributed by atoms with Crippen LogP contribution in [0.25, 0.3) is 0 Å². The summed E-state index contributed by atoms with van der Waals surface area (Å²) in [5.41, 5.74) is 1.61. The number of nitrogens with zero attached hydrogens (tertiary/aromatic N) is 2. The van der Waals surface area contributed by atoms with E-state index < -0.39 is 0 Å². The maximum Gasteiger partial charge on any atom is 0.141 e. The van der Waals surface area contributed by atoms with Crippen molar-refractivity contribution in [3.63, 3.8) is 0 Å². The van der Waals surface area contributed by atoms with Gasteiger partial charge in [-0.2, -0.15) is 0 Å². The fourth-order valence-electron chi connectivity index (χ4n) is 2.12. The molecule has 20 heavy (non-hydrogen) atoms. The van der Waals surface area contributed by atoms with Gasteiger partial charge in [0.15, 0.2) is 0 Å². The summed E-state index contributed by atoms with van der Waals surface area (Å²) in [5, 5.41) is 2.99. The molecule has 2 rings (SSSR count). The van der Waals surface area contributed by atoms with E-state index in [4.69, 9.17) is 0 Å². The van der Waals surface area contributed by atoms with Crippen molar-refractivity contribution in [2.45, 2.75) is 13.1 Å². The van der Waals surface area contributed by atoms with Crippen LogP contribution < -0.4 is 10.2 Å². The Morgan fingerprint density at radius 2 is 2.00 bits per heavy atom. The molecule has 0 radical (unpaired) electrons. The Morgan fingerprint density at radius 1 is 1.20 bits per heavy atom. The Bertz CT molecular complexity index is 587. The number of halogens is 2. The molecule has 1 heterocycles. The number of pyridine rings is 1. The minimum atomic E-state index is -0.363. The van der Waals surface area contributed by atoms with Gasteiger partial charge in [-0.15, -0.1) is 0 Å². The summed E-state index contributed by atoms with van der Waals surface area (Å²) in [6, 6.07) is 7.87. The van der Waals surface area contributed by atoms with Crippen LogP contribution in [-0.2, 0) is 13.1 Å². The SMILES string of the molecule is CNCc1cc(F)cnc1N(C)Cc1cccc(F)c1. The minimum Gasteiger partial charge on any atom is -0.355 e. The van der Waals surface area contributed by atoms with E-state index in [9.17, 15) is 8.78 Å². The van der Waals surface area contributed by atoms with E-state index in [2.05, 4.69) is 10.3 Å². The Labute approximate surface area is 117 Å². The fourth-order valence-corrected chi connectivity index (χ4v) is 2.12. The highest BCUT2D eigenvalue weighted by atomic mass is 19.1. The first-order valence-electron chi connectivity index (χ1n) is 6.34. The highest BCUT2D eigenvalue weighted by molar-refractivity contribution is 5.46. The van der Waals surface area contributed by atoms with Gasteiger partial charge in [-0.1, -0.05) is 12.1 Å². The molecule has 0 aliphatic carbocycles. The van der Waals surface area contributed by atoms with E-state index in [0.717, 1.165) is 11.1 Å². The van der Waals surface area contributed by atoms with Gasteiger partial charge in [-0.05, 0) is 30.8 Å². The van der Waals surface area contributed by atoms with Crippen molar-refractivity contribution in [3.05, 3.63) is 59.3 Å². The Balaban J connectivity index is 2.22. The normalized spacial score (nSPS) is 10.6. The summed E-state index contributed by atoms with van der Waals surface area (Å²) < 4.78 is 26.4. The molecule has 5 heteroatoms. The molecule has 0 bridgehead atoms. The lowest BCUT2D eigenvalue weighted by Gasteiger charge is -2.21. The molecule has 3 nitrogen and oxygen atoms in total. The zero-order valence-corrected chi connectivity index (χ0v) is 11.5. The maximum absolute atomic E-state index is 13.3. The van der Waals surface area contributed by atoms with Crippen molar-refractivity contribution in [1.82, 2.24) is 10.3 Å². The minimum absolute atomic E-state index is 0.265. The van der Waals surface area contributed by atoms with Gasteiger partial charge in [0.05, 0.1) is 6.20 Å². The van der Waals surface area contributed by atoms with E-state index in [1.165, 1.54) is 24.4 Å². The van der Waals surface area contributed by atoms with Crippen LogP contribution in [0, 0.1) is 11.6 Å². The summed E-state index contributed by atoms with van der Waals surface area (Å²) in [4.78, 5) is 6.01. The monoisotopic (exact) mass is 277 g/mol. The molecule has 0 saturated heterocycles. The highest BCUT2D eigenvalue weighted by Gasteiger charge is 2.11. The number of anilines is 1. The molecule has 1 N–H and O–H groups in total. The molecule has 0 atom stereocenters. The quantitative estimate of drug-likeness (QED) is 0.911. The van der Waals surface area contributed by atoms with Gasteiger partial charge >= 0.3 is 0 Å². The molecule has 0 unspecified atom stereocenters. The van der Waals surface area contributed by atoms with Crippen LogP contribution in [0.2, 0.25) is 0 Å². The van der Waals surface area contributed by atoms with E-state index in [1.54, 1.807) is 13.1 Å². The second-order valence-electron chi connectivity index (χ2n) is 4.65. The van der Waals surface area contributed by atoms with Crippen molar-refractivity contribution in [2.24, 2.45) is 0 Å². The standard InChI is InChI=1S/C15H17F2N3/c1-18-8-12-7-14(17)9-19-15(12)20(2)10-11-4-3-5-13(16)6-11/h3-7,9,18H,8,10H2,1-2H3. The molecule has 106 valence electrons. The highest BCUT2D eigenvalue weighted by Crippen LogP contribution is 2.19. The molecular formula is C15H17F2N3. The zero-order valence-electron chi connectivity index (χ0n) is 11.5. The third-order valence-electron chi connectivity index (χ3n) is 2.95. The Kier molecular flexibility index (Phi) is 4.63. The molecule has 0 amide bonds. The summed E-state index contributed by atoms with van der Waals surface area (Å²) in [6.07, 6.45) is 1.19. The molecule has 1 aromatic carbocycles. The lowest BCUT2D eigenvalue weighted by Crippen LogP contribution is -2.21. The van der Waals surface area contributed by atoms with E-state index in [0.29, 0.717) is 18.9 Å². The smallest absolute Gasteiger partial charge is 0.141 e. The van der Waals surface area contributed by atoms with Crippen LogP contribution >= 0.6 is 0 Å². The first-order valence-corrected chi connectivity index (χ1v) is 6.34.